The highest BCUT2D eigenvalue weighted by atomic mass is 16.5. The molecule has 0 bridgehead atoms. The van der Waals surface area contributed by atoms with E-state index in [0.717, 1.165) is 18.5 Å². The molecule has 0 radical (unpaired) electrons. The Morgan fingerprint density at radius 1 is 1.58 bits per heavy atom. The number of carbonyl (C=O) groups is 1. The molecule has 1 aliphatic rings. The Morgan fingerprint density at radius 3 is 2.95 bits per heavy atom. The van der Waals surface area contributed by atoms with Gasteiger partial charge in [-0.25, -0.2) is 4.79 Å². The summed E-state index contributed by atoms with van der Waals surface area (Å²) in [7, 11) is 1.86. The molecular weight excluding hydrogens is 246 g/mol. The largest absolute Gasteiger partial charge is 0.385 e. The van der Waals surface area contributed by atoms with Gasteiger partial charge in [-0.1, -0.05) is 0 Å². The lowest BCUT2D eigenvalue weighted by molar-refractivity contribution is 0.0798. The molecule has 6 nitrogen and oxygen atoms in total. The maximum Gasteiger partial charge on any atom is 0.315 e. The predicted molar refractivity (Wildman–Crippen MR) is 70.7 cm³/mol. The molecule has 0 saturated carbocycles. The number of urea groups is 1. The molecule has 2 amide bonds. The van der Waals surface area contributed by atoms with Gasteiger partial charge in [-0.3, -0.25) is 0 Å². The van der Waals surface area contributed by atoms with Crippen LogP contribution in [0.3, 0.4) is 0 Å². The zero-order chi connectivity index (χ0) is 13.7. The fraction of sp³-hybridized carbons (Fsp3) is 0.615. The number of ether oxygens (including phenoxy) is 1. The Morgan fingerprint density at radius 2 is 2.32 bits per heavy atom. The lowest BCUT2D eigenvalue weighted by Gasteiger charge is -2.23. The van der Waals surface area contributed by atoms with Gasteiger partial charge in [0.15, 0.2) is 0 Å². The summed E-state index contributed by atoms with van der Waals surface area (Å²) >= 11 is 0. The third kappa shape index (κ3) is 3.97. The van der Waals surface area contributed by atoms with Crippen molar-refractivity contribution in [2.45, 2.75) is 25.0 Å². The van der Waals surface area contributed by atoms with Gasteiger partial charge < -0.3 is 25.0 Å². The van der Waals surface area contributed by atoms with Gasteiger partial charge >= 0.3 is 6.03 Å². The average Bonchev–Trinajstić information content (AvgIpc) is 2.83. The molecule has 19 heavy (non-hydrogen) atoms. The van der Waals surface area contributed by atoms with Gasteiger partial charge in [0.2, 0.25) is 0 Å². The number of carbonyl (C=O) groups excluding carboxylic acids is 1. The number of aliphatic hydroxyl groups is 1. The van der Waals surface area contributed by atoms with Crippen molar-refractivity contribution in [3.63, 3.8) is 0 Å². The molecule has 3 N–H and O–H groups in total. The van der Waals surface area contributed by atoms with Crippen LogP contribution in [0.2, 0.25) is 0 Å². The van der Waals surface area contributed by atoms with Crippen LogP contribution >= 0.6 is 0 Å². The molecule has 1 fully saturated rings. The standard InChI is InChI=1S/C13H21N3O3/c1-16-6-2-3-11(16)12(17)9-14-13(18)15-10-4-7-19-8-5-10/h2-3,6,10,12,17H,4-5,7-9H2,1H3,(H2,14,15,18)/t12-/m1/s1. The smallest absolute Gasteiger partial charge is 0.315 e. The number of amides is 2. The third-order valence-corrected chi connectivity index (χ3v) is 3.34. The normalized spacial score (nSPS) is 18.0. The molecule has 106 valence electrons. The maximum absolute atomic E-state index is 11.7. The number of aliphatic hydroxyl groups excluding tert-OH is 1. The van der Waals surface area contributed by atoms with Crippen LogP contribution in [0, 0.1) is 0 Å². The summed E-state index contributed by atoms with van der Waals surface area (Å²) in [5.41, 5.74) is 0.784. The quantitative estimate of drug-likeness (QED) is 0.745. The summed E-state index contributed by atoms with van der Waals surface area (Å²) in [6, 6.07) is 3.63. The van der Waals surface area contributed by atoms with Crippen molar-refractivity contribution in [3.8, 4) is 0 Å². The fourth-order valence-electron chi connectivity index (χ4n) is 2.19. The molecule has 2 rings (SSSR count). The number of rotatable bonds is 4. The molecule has 0 aromatic carbocycles. The number of hydrogen-bond donors (Lipinski definition) is 3. The van der Waals surface area contributed by atoms with Gasteiger partial charge in [0.25, 0.3) is 0 Å². The summed E-state index contributed by atoms with van der Waals surface area (Å²) in [5, 5.41) is 15.5. The third-order valence-electron chi connectivity index (χ3n) is 3.34. The average molecular weight is 267 g/mol. The van der Waals surface area contributed by atoms with Gasteiger partial charge in [0, 0.05) is 38.2 Å². The highest BCUT2D eigenvalue weighted by molar-refractivity contribution is 5.74. The van der Waals surface area contributed by atoms with Gasteiger partial charge in [0.05, 0.1) is 6.54 Å². The van der Waals surface area contributed by atoms with E-state index in [1.54, 1.807) is 0 Å². The number of nitrogens with zero attached hydrogens (tertiary/aromatic N) is 1. The second-order valence-corrected chi connectivity index (χ2v) is 4.80. The van der Waals surface area contributed by atoms with Crippen molar-refractivity contribution in [2.24, 2.45) is 7.05 Å². The summed E-state index contributed by atoms with van der Waals surface area (Å²) in [4.78, 5) is 11.7. The topological polar surface area (TPSA) is 75.5 Å². The number of nitrogens with one attached hydrogen (secondary N) is 2. The summed E-state index contributed by atoms with van der Waals surface area (Å²) in [5.74, 6) is 0. The Kier molecular flexibility index (Phi) is 4.81. The van der Waals surface area contributed by atoms with Crippen molar-refractivity contribution >= 4 is 6.03 Å². The Labute approximate surface area is 112 Å². The first kappa shape index (κ1) is 13.9. The van der Waals surface area contributed by atoms with E-state index in [1.165, 1.54) is 0 Å². The van der Waals surface area contributed by atoms with Crippen molar-refractivity contribution in [1.29, 1.82) is 0 Å². The van der Waals surface area contributed by atoms with Gasteiger partial charge in [-0.05, 0) is 25.0 Å². The molecule has 1 saturated heterocycles. The molecule has 0 spiro atoms. The zero-order valence-corrected chi connectivity index (χ0v) is 11.1. The van der Waals surface area contributed by atoms with E-state index in [0.29, 0.717) is 13.2 Å². The monoisotopic (exact) mass is 267 g/mol. The van der Waals surface area contributed by atoms with Crippen molar-refractivity contribution in [3.05, 3.63) is 24.0 Å². The molecular formula is C13H21N3O3. The van der Waals surface area contributed by atoms with Crippen LogP contribution < -0.4 is 10.6 Å². The van der Waals surface area contributed by atoms with Crippen LogP contribution in [0.15, 0.2) is 18.3 Å². The first-order chi connectivity index (χ1) is 9.16. The molecule has 6 heteroatoms. The van der Waals surface area contributed by atoms with Crippen LogP contribution in [0.1, 0.15) is 24.6 Å². The lowest BCUT2D eigenvalue weighted by Crippen LogP contribution is -2.45. The minimum Gasteiger partial charge on any atom is -0.385 e. The second kappa shape index (κ2) is 6.58. The van der Waals surface area contributed by atoms with Crippen molar-refractivity contribution in [2.75, 3.05) is 19.8 Å². The molecule has 0 unspecified atom stereocenters. The fourth-order valence-corrected chi connectivity index (χ4v) is 2.19. The van der Waals surface area contributed by atoms with Crippen LogP contribution in [-0.2, 0) is 11.8 Å². The number of aromatic nitrogens is 1. The van der Waals surface area contributed by atoms with Gasteiger partial charge in [-0.15, -0.1) is 0 Å². The summed E-state index contributed by atoms with van der Waals surface area (Å²) < 4.78 is 7.06. The van der Waals surface area contributed by atoms with E-state index in [-0.39, 0.29) is 18.6 Å². The summed E-state index contributed by atoms with van der Waals surface area (Å²) in [6.07, 6.45) is 2.85. The minimum absolute atomic E-state index is 0.168. The van der Waals surface area contributed by atoms with E-state index >= 15 is 0 Å². The Bertz CT molecular complexity index is 413. The maximum atomic E-state index is 11.7. The van der Waals surface area contributed by atoms with Gasteiger partial charge in [-0.2, -0.15) is 0 Å². The molecule has 0 aliphatic carbocycles. The first-order valence-electron chi connectivity index (χ1n) is 6.58. The summed E-state index contributed by atoms with van der Waals surface area (Å²) in [6.45, 7) is 1.58. The molecule has 1 aromatic heterocycles. The van der Waals surface area contributed by atoms with E-state index in [1.807, 2.05) is 29.9 Å². The zero-order valence-electron chi connectivity index (χ0n) is 11.1. The lowest BCUT2D eigenvalue weighted by atomic mass is 10.1. The highest BCUT2D eigenvalue weighted by Crippen LogP contribution is 2.11. The van der Waals surface area contributed by atoms with Gasteiger partial charge in [0.1, 0.15) is 6.10 Å². The van der Waals surface area contributed by atoms with Crippen molar-refractivity contribution in [1.82, 2.24) is 15.2 Å². The number of hydrogen-bond acceptors (Lipinski definition) is 3. The van der Waals surface area contributed by atoms with E-state index in [2.05, 4.69) is 10.6 Å². The van der Waals surface area contributed by atoms with Crippen LogP contribution in [-0.4, -0.2) is 41.5 Å². The number of aryl methyl sites for hydroxylation is 1. The SMILES string of the molecule is Cn1cccc1[C@H](O)CNC(=O)NC1CCOCC1. The van der Waals surface area contributed by atoms with Crippen LogP contribution in [0.5, 0.6) is 0 Å². The predicted octanol–water partition coefficient (Wildman–Crippen LogP) is 0.537. The molecule has 2 heterocycles. The Balaban J connectivity index is 1.72. The van der Waals surface area contributed by atoms with Crippen LogP contribution in [0.4, 0.5) is 4.79 Å². The van der Waals surface area contributed by atoms with E-state index < -0.39 is 6.10 Å². The first-order valence-corrected chi connectivity index (χ1v) is 6.58. The minimum atomic E-state index is -0.694. The van der Waals surface area contributed by atoms with E-state index in [4.69, 9.17) is 4.74 Å². The van der Waals surface area contributed by atoms with E-state index in [9.17, 15) is 9.90 Å². The molecule has 1 atom stereocenters. The molecule has 1 aromatic rings. The highest BCUT2D eigenvalue weighted by Gasteiger charge is 2.17. The Hall–Kier alpha value is -1.53. The molecule has 1 aliphatic heterocycles. The second-order valence-electron chi connectivity index (χ2n) is 4.80. The van der Waals surface area contributed by atoms with Crippen molar-refractivity contribution < 1.29 is 14.6 Å². The van der Waals surface area contributed by atoms with Crippen LogP contribution in [0.25, 0.3) is 0 Å².